The Morgan fingerprint density at radius 3 is 2.26 bits per heavy atom. The van der Waals surface area contributed by atoms with Gasteiger partial charge in [-0.2, -0.15) is 0 Å². The fourth-order valence-electron chi connectivity index (χ4n) is 3.80. The predicted octanol–water partition coefficient (Wildman–Crippen LogP) is 3.61. The van der Waals surface area contributed by atoms with Gasteiger partial charge in [-0.05, 0) is 32.0 Å². The van der Waals surface area contributed by atoms with Crippen LogP contribution < -0.4 is 18.9 Å². The highest BCUT2D eigenvalue weighted by molar-refractivity contribution is 7.93. The molecule has 4 aromatic rings. The fraction of sp³-hybridized carbons (Fsp3) is 0.320. The van der Waals surface area contributed by atoms with Crippen molar-refractivity contribution in [2.45, 2.75) is 31.9 Å². The van der Waals surface area contributed by atoms with Gasteiger partial charge in [0.1, 0.15) is 28.7 Å². The molecule has 2 unspecified atom stereocenters. The van der Waals surface area contributed by atoms with E-state index in [1.807, 2.05) is 6.92 Å². The summed E-state index contributed by atoms with van der Waals surface area (Å²) in [6, 6.07) is 10.2. The zero-order chi connectivity index (χ0) is 28.2. The van der Waals surface area contributed by atoms with Crippen LogP contribution in [0.3, 0.4) is 0 Å². The molecule has 3 heterocycles. The van der Waals surface area contributed by atoms with Gasteiger partial charge in [0, 0.05) is 12.0 Å². The number of sulfonamides is 1. The van der Waals surface area contributed by atoms with Crippen LogP contribution >= 0.6 is 0 Å². The number of pyridine rings is 1. The number of aromatic nitrogens is 6. The fourth-order valence-corrected chi connectivity index (χ4v) is 5.04. The molecule has 12 nitrogen and oxygen atoms in total. The van der Waals surface area contributed by atoms with E-state index in [1.165, 1.54) is 25.7 Å². The summed E-state index contributed by atoms with van der Waals surface area (Å²) < 4.78 is 61.1. The number of nitrogens with one attached hydrogen (secondary N) is 1. The Labute approximate surface area is 225 Å². The molecule has 0 amide bonds. The number of ether oxygens (including phenoxy) is 3. The van der Waals surface area contributed by atoms with Crippen LogP contribution in [0.4, 0.5) is 10.3 Å². The molecule has 206 valence electrons. The first-order valence-corrected chi connectivity index (χ1v) is 13.5. The van der Waals surface area contributed by atoms with Crippen molar-refractivity contribution in [3.05, 3.63) is 60.4 Å². The number of nitrogens with zero attached hydrogens (tertiary/aromatic N) is 6. The molecule has 0 spiro atoms. The third kappa shape index (κ3) is 5.74. The van der Waals surface area contributed by atoms with Crippen LogP contribution in [0.2, 0.25) is 0 Å². The Morgan fingerprint density at radius 2 is 1.64 bits per heavy atom. The summed E-state index contributed by atoms with van der Waals surface area (Å²) in [5, 5.41) is 7.39. The van der Waals surface area contributed by atoms with E-state index in [2.05, 4.69) is 29.9 Å². The molecule has 0 saturated heterocycles. The van der Waals surface area contributed by atoms with Crippen molar-refractivity contribution >= 4 is 16.0 Å². The number of halogens is 1. The van der Waals surface area contributed by atoms with Gasteiger partial charge in [-0.3, -0.25) is 9.29 Å². The van der Waals surface area contributed by atoms with E-state index in [9.17, 15) is 12.8 Å². The lowest BCUT2D eigenvalue weighted by atomic mass is 10.1. The molecule has 0 radical (unpaired) electrons. The highest BCUT2D eigenvalue weighted by Gasteiger charge is 2.32. The van der Waals surface area contributed by atoms with Crippen LogP contribution in [0.15, 0.2) is 48.8 Å². The Morgan fingerprint density at radius 1 is 1.00 bits per heavy atom. The van der Waals surface area contributed by atoms with Crippen LogP contribution in [-0.2, 0) is 10.0 Å². The maximum atomic E-state index is 13.5. The van der Waals surface area contributed by atoms with E-state index >= 15 is 0 Å². The van der Waals surface area contributed by atoms with Crippen molar-refractivity contribution < 1.29 is 27.0 Å². The van der Waals surface area contributed by atoms with Gasteiger partial charge in [0.05, 0.1) is 38.5 Å². The highest BCUT2D eigenvalue weighted by Crippen LogP contribution is 2.38. The normalized spacial score (nSPS) is 13.0. The van der Waals surface area contributed by atoms with Gasteiger partial charge in [-0.25, -0.2) is 27.8 Å². The average molecular weight is 558 g/mol. The number of rotatable bonds is 11. The molecule has 0 aliphatic rings. The highest BCUT2D eigenvalue weighted by atomic mass is 32.2. The lowest BCUT2D eigenvalue weighted by Gasteiger charge is -2.21. The summed E-state index contributed by atoms with van der Waals surface area (Å²) in [7, 11) is -1.14. The third-order valence-corrected chi connectivity index (χ3v) is 7.86. The van der Waals surface area contributed by atoms with Gasteiger partial charge < -0.3 is 14.2 Å². The van der Waals surface area contributed by atoms with Crippen molar-refractivity contribution in [3.63, 3.8) is 0 Å². The van der Waals surface area contributed by atoms with Crippen molar-refractivity contribution in [2.24, 2.45) is 0 Å². The van der Waals surface area contributed by atoms with Crippen molar-refractivity contribution in [3.8, 4) is 34.6 Å². The second-order valence-corrected chi connectivity index (χ2v) is 10.4. The molecule has 39 heavy (non-hydrogen) atoms. The standard InChI is InChI=1S/C25H28FN7O5S/c1-6-38-21-12-7-9-18(29-21)24-30-31-25(33(24)22-19(36-4)10-8-11-20(22)37-5)32-39(34,35)16(3)15(2)23-27-13-17(26)14-28-23/h7-16H,6H2,1-5H3,(H,31,32). The molecule has 4 rings (SSSR count). The van der Waals surface area contributed by atoms with Gasteiger partial charge in [-0.1, -0.05) is 19.1 Å². The summed E-state index contributed by atoms with van der Waals surface area (Å²) in [5.41, 5.74) is 0.722. The van der Waals surface area contributed by atoms with Crippen LogP contribution in [-0.4, -0.2) is 64.2 Å². The Bertz CT molecular complexity index is 1520. The summed E-state index contributed by atoms with van der Waals surface area (Å²) >= 11 is 0. The third-order valence-electron chi connectivity index (χ3n) is 6.01. The Balaban J connectivity index is 1.84. The van der Waals surface area contributed by atoms with Crippen LogP contribution in [0, 0.1) is 5.82 Å². The molecule has 3 aromatic heterocycles. The Hall–Kier alpha value is -4.33. The Kier molecular flexibility index (Phi) is 8.24. The first kappa shape index (κ1) is 27.7. The lowest BCUT2D eigenvalue weighted by molar-refractivity contribution is 0.327. The summed E-state index contributed by atoms with van der Waals surface area (Å²) in [5.74, 6) is 0.0726. The molecule has 0 saturated carbocycles. The quantitative estimate of drug-likeness (QED) is 0.290. The van der Waals surface area contributed by atoms with E-state index in [4.69, 9.17) is 14.2 Å². The number of para-hydroxylation sites is 1. The first-order valence-electron chi connectivity index (χ1n) is 12.0. The van der Waals surface area contributed by atoms with Crippen LogP contribution in [0.5, 0.6) is 17.4 Å². The zero-order valence-corrected chi connectivity index (χ0v) is 22.8. The zero-order valence-electron chi connectivity index (χ0n) is 22.0. The molecule has 14 heteroatoms. The monoisotopic (exact) mass is 557 g/mol. The van der Waals surface area contributed by atoms with Crippen molar-refractivity contribution in [1.82, 2.24) is 29.7 Å². The summed E-state index contributed by atoms with van der Waals surface area (Å²) in [4.78, 5) is 12.4. The minimum atomic E-state index is -4.10. The summed E-state index contributed by atoms with van der Waals surface area (Å²) in [6.45, 7) is 5.38. The van der Waals surface area contributed by atoms with E-state index in [0.717, 1.165) is 12.4 Å². The van der Waals surface area contributed by atoms with Gasteiger partial charge in [0.15, 0.2) is 11.6 Å². The number of anilines is 1. The predicted molar refractivity (Wildman–Crippen MR) is 141 cm³/mol. The smallest absolute Gasteiger partial charge is 0.243 e. The largest absolute Gasteiger partial charge is 0.494 e. The molecule has 1 aromatic carbocycles. The number of benzene rings is 1. The summed E-state index contributed by atoms with van der Waals surface area (Å²) in [6.07, 6.45) is 1.98. The SMILES string of the molecule is CCOc1cccc(-c2nnc(NS(=O)(=O)C(C)C(C)c3ncc(F)cn3)n2-c2c(OC)cccc2OC)n1. The van der Waals surface area contributed by atoms with Gasteiger partial charge in [0.2, 0.25) is 21.9 Å². The second kappa shape index (κ2) is 11.6. The minimum Gasteiger partial charge on any atom is -0.494 e. The number of methoxy groups -OCH3 is 2. The first-order chi connectivity index (χ1) is 18.7. The van der Waals surface area contributed by atoms with Gasteiger partial charge >= 0.3 is 0 Å². The second-order valence-electron chi connectivity index (χ2n) is 8.39. The van der Waals surface area contributed by atoms with Crippen LogP contribution in [0.1, 0.15) is 32.5 Å². The topological polar surface area (TPSA) is 143 Å². The number of hydrogen-bond donors (Lipinski definition) is 1. The maximum absolute atomic E-state index is 13.5. The molecule has 0 aliphatic heterocycles. The van der Waals surface area contributed by atoms with Gasteiger partial charge in [0.25, 0.3) is 0 Å². The lowest BCUT2D eigenvalue weighted by Crippen LogP contribution is -2.31. The molecule has 0 fully saturated rings. The van der Waals surface area contributed by atoms with Crippen molar-refractivity contribution in [2.75, 3.05) is 25.5 Å². The molecular weight excluding hydrogens is 529 g/mol. The van der Waals surface area contributed by atoms with E-state index in [-0.39, 0.29) is 17.6 Å². The molecule has 0 bridgehead atoms. The van der Waals surface area contributed by atoms with Crippen molar-refractivity contribution in [1.29, 1.82) is 0 Å². The minimum absolute atomic E-state index is 0.129. The molecule has 1 N–H and O–H groups in total. The van der Waals surface area contributed by atoms with E-state index in [0.29, 0.717) is 35.4 Å². The molecule has 0 aliphatic carbocycles. The van der Waals surface area contributed by atoms with Gasteiger partial charge in [-0.15, -0.1) is 10.2 Å². The van der Waals surface area contributed by atoms with E-state index < -0.39 is 27.0 Å². The molecule has 2 atom stereocenters. The average Bonchev–Trinajstić information content (AvgIpc) is 3.34. The maximum Gasteiger partial charge on any atom is 0.243 e. The molecular formula is C25H28FN7O5S. The van der Waals surface area contributed by atoms with E-state index in [1.54, 1.807) is 43.3 Å². The van der Waals surface area contributed by atoms with Crippen LogP contribution in [0.25, 0.3) is 17.2 Å². The number of hydrogen-bond acceptors (Lipinski definition) is 10.